The molecule has 1 aromatic carbocycles. The smallest absolute Gasteiger partial charge is 0.337 e. The predicted octanol–water partition coefficient (Wildman–Crippen LogP) is 4.92. The van der Waals surface area contributed by atoms with E-state index in [1.165, 1.54) is 12.3 Å². The Morgan fingerprint density at radius 1 is 1.18 bits per heavy atom. The number of fused-ring (bicyclic) bond motifs is 1. The van der Waals surface area contributed by atoms with Gasteiger partial charge in [-0.15, -0.1) is 0 Å². The second-order valence-corrected chi connectivity index (χ2v) is 9.96. The van der Waals surface area contributed by atoms with Crippen LogP contribution in [0.1, 0.15) is 46.2 Å². The van der Waals surface area contributed by atoms with E-state index in [-0.39, 0.29) is 18.1 Å². The molecule has 0 atom stereocenters. The number of aromatic carboxylic acids is 1. The van der Waals surface area contributed by atoms with Gasteiger partial charge >= 0.3 is 5.97 Å². The summed E-state index contributed by atoms with van der Waals surface area (Å²) in [6.07, 6.45) is 3.17. The highest BCUT2D eigenvalue weighted by Gasteiger charge is 2.24. The lowest BCUT2D eigenvalue weighted by Crippen LogP contribution is -2.33. The van der Waals surface area contributed by atoms with Crippen molar-refractivity contribution < 1.29 is 23.8 Å². The van der Waals surface area contributed by atoms with Crippen LogP contribution in [0.4, 0.5) is 4.39 Å². The second kappa shape index (κ2) is 12.1. The number of rotatable bonds is 10. The van der Waals surface area contributed by atoms with Gasteiger partial charge in [0.05, 0.1) is 24.2 Å². The molecular formula is C28H29ClFN5O4. The summed E-state index contributed by atoms with van der Waals surface area (Å²) in [7, 11) is 1.63. The zero-order chi connectivity index (χ0) is 27.4. The maximum Gasteiger partial charge on any atom is 0.337 e. The van der Waals surface area contributed by atoms with Gasteiger partial charge in [0.15, 0.2) is 5.65 Å². The molecule has 1 saturated heterocycles. The van der Waals surface area contributed by atoms with Crippen LogP contribution < -0.4 is 4.74 Å². The van der Waals surface area contributed by atoms with Crippen LogP contribution in [0.3, 0.4) is 0 Å². The number of likely N-dealkylation sites (tertiary alicyclic amines) is 1. The quantitative estimate of drug-likeness (QED) is 0.295. The number of carboxylic acids is 1. The molecule has 1 aliphatic heterocycles. The van der Waals surface area contributed by atoms with Crippen molar-refractivity contribution in [3.63, 3.8) is 0 Å². The molecule has 9 nitrogen and oxygen atoms in total. The number of carbonyl (C=O) groups is 1. The molecule has 11 heteroatoms. The summed E-state index contributed by atoms with van der Waals surface area (Å²) in [4.78, 5) is 27.5. The summed E-state index contributed by atoms with van der Waals surface area (Å²) < 4.78 is 27.1. The molecule has 204 valence electrons. The number of nitrogens with zero attached hydrogens (tertiary/aromatic N) is 5. The summed E-state index contributed by atoms with van der Waals surface area (Å²) in [6.45, 7) is 3.44. The van der Waals surface area contributed by atoms with E-state index in [0.717, 1.165) is 37.4 Å². The standard InChI is InChI=1S/C28H29ClFN5O4/c1-38-12-11-35-24-13-20(28(36)37)15-31-27(24)33-25(35)16-34-9-7-18(8-10-34)23-3-2-4-26(32-23)39-17-19-5-6-21(29)14-22(19)30/h2-6,13-15,18H,7-12,16-17H2,1H3,(H,36,37). The van der Waals surface area contributed by atoms with E-state index in [9.17, 15) is 14.3 Å². The van der Waals surface area contributed by atoms with E-state index in [4.69, 9.17) is 31.0 Å². The number of piperidine rings is 1. The van der Waals surface area contributed by atoms with Crippen molar-refractivity contribution in [2.45, 2.75) is 38.5 Å². The fourth-order valence-electron chi connectivity index (χ4n) is 4.84. The highest BCUT2D eigenvalue weighted by molar-refractivity contribution is 6.30. The van der Waals surface area contributed by atoms with Crippen LogP contribution in [0.5, 0.6) is 5.88 Å². The number of benzene rings is 1. The molecule has 0 bridgehead atoms. The SMILES string of the molecule is COCCn1c(CN2CCC(c3cccc(OCc4ccc(Cl)cc4F)n3)CC2)nc2ncc(C(=O)O)cc21. The first-order valence-electron chi connectivity index (χ1n) is 12.7. The van der Waals surface area contributed by atoms with Crippen molar-refractivity contribution in [1.29, 1.82) is 0 Å². The summed E-state index contributed by atoms with van der Waals surface area (Å²) in [5.41, 5.74) is 2.73. The summed E-state index contributed by atoms with van der Waals surface area (Å²) in [5, 5.41) is 9.73. The molecular weight excluding hydrogens is 525 g/mol. The molecule has 0 amide bonds. The van der Waals surface area contributed by atoms with Crippen LogP contribution >= 0.6 is 11.6 Å². The van der Waals surface area contributed by atoms with E-state index in [1.807, 2.05) is 16.7 Å². The molecule has 1 aliphatic rings. The van der Waals surface area contributed by atoms with Gasteiger partial charge in [0.25, 0.3) is 0 Å². The number of carboxylic acid groups (broad SMARTS) is 1. The Morgan fingerprint density at radius 2 is 2.00 bits per heavy atom. The van der Waals surface area contributed by atoms with Crippen molar-refractivity contribution in [3.05, 3.63) is 82.1 Å². The van der Waals surface area contributed by atoms with Gasteiger partial charge < -0.3 is 19.1 Å². The number of halogens is 2. The Morgan fingerprint density at radius 3 is 2.74 bits per heavy atom. The average Bonchev–Trinajstić information content (AvgIpc) is 3.27. The first-order chi connectivity index (χ1) is 18.9. The van der Waals surface area contributed by atoms with Crippen LogP contribution in [0.15, 0.2) is 48.7 Å². The lowest BCUT2D eigenvalue weighted by Gasteiger charge is -2.31. The zero-order valence-electron chi connectivity index (χ0n) is 21.5. The summed E-state index contributed by atoms with van der Waals surface area (Å²) >= 11 is 5.83. The molecule has 0 saturated carbocycles. The molecule has 0 spiro atoms. The average molecular weight is 554 g/mol. The van der Waals surface area contributed by atoms with Gasteiger partial charge in [-0.3, -0.25) is 4.90 Å². The second-order valence-electron chi connectivity index (χ2n) is 9.52. The molecule has 4 heterocycles. The molecule has 39 heavy (non-hydrogen) atoms. The molecule has 1 N–H and O–H groups in total. The number of hydrogen-bond donors (Lipinski definition) is 1. The van der Waals surface area contributed by atoms with Crippen LogP contribution in [0, 0.1) is 5.82 Å². The van der Waals surface area contributed by atoms with E-state index >= 15 is 0 Å². The highest BCUT2D eigenvalue weighted by Crippen LogP contribution is 2.29. The Balaban J connectivity index is 1.23. The number of ether oxygens (including phenoxy) is 2. The number of hydrogen-bond acceptors (Lipinski definition) is 7. The van der Waals surface area contributed by atoms with Gasteiger partial charge in [0, 0.05) is 48.1 Å². The Kier molecular flexibility index (Phi) is 8.35. The summed E-state index contributed by atoms with van der Waals surface area (Å²) in [5.74, 6) is 0.152. The topological polar surface area (TPSA) is 103 Å². The fraction of sp³-hybridized carbons (Fsp3) is 0.357. The third kappa shape index (κ3) is 6.35. The zero-order valence-corrected chi connectivity index (χ0v) is 22.3. The third-order valence-electron chi connectivity index (χ3n) is 6.96. The minimum Gasteiger partial charge on any atom is -0.478 e. The number of pyridine rings is 2. The van der Waals surface area contributed by atoms with E-state index < -0.39 is 11.8 Å². The molecule has 4 aromatic rings. The molecule has 0 aliphatic carbocycles. The molecule has 3 aromatic heterocycles. The minimum absolute atomic E-state index is 0.0742. The van der Waals surface area contributed by atoms with Crippen molar-refractivity contribution in [2.75, 3.05) is 26.8 Å². The lowest BCUT2D eigenvalue weighted by molar-refractivity contribution is 0.0696. The van der Waals surface area contributed by atoms with Crippen LogP contribution in [-0.4, -0.2) is 62.3 Å². The largest absolute Gasteiger partial charge is 0.478 e. The van der Waals surface area contributed by atoms with Crippen molar-refractivity contribution in [1.82, 2.24) is 24.4 Å². The number of imidazole rings is 1. The maximum atomic E-state index is 14.1. The van der Waals surface area contributed by atoms with Crippen molar-refractivity contribution in [3.8, 4) is 5.88 Å². The number of aromatic nitrogens is 4. The summed E-state index contributed by atoms with van der Waals surface area (Å²) in [6, 6.07) is 11.8. The van der Waals surface area contributed by atoms with Gasteiger partial charge in [-0.1, -0.05) is 23.7 Å². The molecule has 0 radical (unpaired) electrons. The molecule has 5 rings (SSSR count). The normalized spacial score (nSPS) is 14.6. The Bertz CT molecular complexity index is 1470. The lowest BCUT2D eigenvalue weighted by atomic mass is 9.93. The van der Waals surface area contributed by atoms with Crippen molar-refractivity contribution in [2.24, 2.45) is 0 Å². The van der Waals surface area contributed by atoms with E-state index in [1.54, 1.807) is 31.4 Å². The highest BCUT2D eigenvalue weighted by atomic mass is 35.5. The van der Waals surface area contributed by atoms with Gasteiger partial charge in [-0.25, -0.2) is 24.1 Å². The molecule has 1 fully saturated rings. The third-order valence-corrected chi connectivity index (χ3v) is 7.19. The number of methoxy groups -OCH3 is 1. The maximum absolute atomic E-state index is 14.1. The minimum atomic E-state index is -1.02. The van der Waals surface area contributed by atoms with Gasteiger partial charge in [-0.2, -0.15) is 0 Å². The first kappa shape index (κ1) is 27.0. The predicted molar refractivity (Wildman–Crippen MR) is 144 cm³/mol. The Hall–Kier alpha value is -3.60. The van der Waals surface area contributed by atoms with E-state index in [2.05, 4.69) is 9.88 Å². The van der Waals surface area contributed by atoms with E-state index in [0.29, 0.717) is 47.3 Å². The van der Waals surface area contributed by atoms with Crippen LogP contribution in [0.25, 0.3) is 11.2 Å². The monoisotopic (exact) mass is 553 g/mol. The van der Waals surface area contributed by atoms with Gasteiger partial charge in [0.2, 0.25) is 5.88 Å². The van der Waals surface area contributed by atoms with Crippen LogP contribution in [-0.2, 0) is 24.4 Å². The van der Waals surface area contributed by atoms with Gasteiger partial charge in [0.1, 0.15) is 18.2 Å². The van der Waals surface area contributed by atoms with Crippen molar-refractivity contribution >= 4 is 28.7 Å². The molecule has 0 unspecified atom stereocenters. The van der Waals surface area contributed by atoms with Crippen LogP contribution in [0.2, 0.25) is 5.02 Å². The first-order valence-corrected chi connectivity index (χ1v) is 13.1. The van der Waals surface area contributed by atoms with Gasteiger partial charge in [-0.05, 0) is 50.2 Å². The fourth-order valence-corrected chi connectivity index (χ4v) is 5.00. The Labute approximate surface area is 230 Å².